The quantitative estimate of drug-likeness (QED) is 0.723. The first-order valence-corrected chi connectivity index (χ1v) is 5.69. The number of aliphatic hydroxyl groups is 1. The molecule has 0 bridgehead atoms. The molecule has 0 amide bonds. The molecule has 0 spiro atoms. The van der Waals surface area contributed by atoms with Gasteiger partial charge in [0.1, 0.15) is 0 Å². The van der Waals surface area contributed by atoms with Crippen LogP contribution in [0, 0.1) is 0 Å². The maximum absolute atomic E-state index is 9.05. The summed E-state index contributed by atoms with van der Waals surface area (Å²) in [5.41, 5.74) is 7.13. The molecule has 2 atom stereocenters. The molecule has 1 aromatic heterocycles. The number of aryl methyl sites for hydroxylation is 1. The van der Waals surface area contributed by atoms with Gasteiger partial charge in [0.05, 0.1) is 18.8 Å². The molecular weight excluding hydrogens is 204 g/mol. The fourth-order valence-electron chi connectivity index (χ4n) is 2.06. The van der Waals surface area contributed by atoms with Gasteiger partial charge in [-0.3, -0.25) is 9.58 Å². The predicted molar refractivity (Wildman–Crippen MR) is 63.9 cm³/mol. The molecule has 0 saturated carbocycles. The Morgan fingerprint density at radius 3 is 2.69 bits per heavy atom. The molecule has 3 N–H and O–H groups in total. The van der Waals surface area contributed by atoms with Crippen LogP contribution in [0.1, 0.15) is 25.5 Å². The molecule has 0 radical (unpaired) electrons. The van der Waals surface area contributed by atoms with Gasteiger partial charge in [0.2, 0.25) is 0 Å². The molecule has 5 nitrogen and oxygen atoms in total. The summed E-state index contributed by atoms with van der Waals surface area (Å²) in [5.74, 6) is 0. The Labute approximate surface area is 96.9 Å². The molecule has 2 unspecified atom stereocenters. The summed E-state index contributed by atoms with van der Waals surface area (Å²) in [7, 11) is 1.89. The van der Waals surface area contributed by atoms with Crippen molar-refractivity contribution in [2.75, 3.05) is 19.7 Å². The number of hydrogen-bond acceptors (Lipinski definition) is 4. The summed E-state index contributed by atoms with van der Waals surface area (Å²) in [6.07, 6.45) is 3.82. The van der Waals surface area contributed by atoms with E-state index in [4.69, 9.17) is 10.8 Å². The third-order valence-corrected chi connectivity index (χ3v) is 2.75. The molecule has 16 heavy (non-hydrogen) atoms. The Morgan fingerprint density at radius 2 is 2.31 bits per heavy atom. The Balaban J connectivity index is 2.89. The largest absolute Gasteiger partial charge is 0.395 e. The average molecular weight is 226 g/mol. The van der Waals surface area contributed by atoms with Crippen molar-refractivity contribution in [3.63, 3.8) is 0 Å². The minimum absolute atomic E-state index is 0.00991. The highest BCUT2D eigenvalue weighted by molar-refractivity contribution is 5.13. The first-order chi connectivity index (χ1) is 7.60. The zero-order chi connectivity index (χ0) is 12.1. The van der Waals surface area contributed by atoms with Crippen LogP contribution in [0.2, 0.25) is 0 Å². The number of aromatic nitrogens is 2. The van der Waals surface area contributed by atoms with E-state index in [2.05, 4.69) is 16.9 Å². The number of rotatable bonds is 6. The molecule has 0 saturated heterocycles. The van der Waals surface area contributed by atoms with E-state index in [0.717, 1.165) is 12.1 Å². The average Bonchev–Trinajstić information content (AvgIpc) is 2.63. The second kappa shape index (κ2) is 5.98. The normalized spacial score (nSPS) is 15.4. The smallest absolute Gasteiger partial charge is 0.0558 e. The van der Waals surface area contributed by atoms with Crippen LogP contribution in [0.4, 0.5) is 0 Å². The van der Waals surface area contributed by atoms with Gasteiger partial charge < -0.3 is 10.8 Å². The van der Waals surface area contributed by atoms with Crippen LogP contribution in [0.5, 0.6) is 0 Å². The summed E-state index contributed by atoms with van der Waals surface area (Å²) in [5, 5.41) is 13.2. The van der Waals surface area contributed by atoms with Gasteiger partial charge in [-0.05, 0) is 13.5 Å². The molecule has 92 valence electrons. The lowest BCUT2D eigenvalue weighted by atomic mass is 10.0. The van der Waals surface area contributed by atoms with Crippen LogP contribution in [0.15, 0.2) is 12.4 Å². The number of nitrogens with zero attached hydrogens (tertiary/aromatic N) is 3. The molecule has 1 aromatic rings. The van der Waals surface area contributed by atoms with Gasteiger partial charge in [-0.15, -0.1) is 0 Å². The van der Waals surface area contributed by atoms with Crippen LogP contribution < -0.4 is 5.73 Å². The number of nitrogens with two attached hydrogens (primary N) is 1. The summed E-state index contributed by atoms with van der Waals surface area (Å²) >= 11 is 0. The van der Waals surface area contributed by atoms with Gasteiger partial charge in [-0.25, -0.2) is 0 Å². The highest BCUT2D eigenvalue weighted by Crippen LogP contribution is 2.22. The predicted octanol–water partition coefficient (Wildman–Crippen LogP) is 0.123. The minimum Gasteiger partial charge on any atom is -0.395 e. The Hall–Kier alpha value is -0.910. The van der Waals surface area contributed by atoms with Crippen molar-refractivity contribution in [1.29, 1.82) is 0 Å². The lowest BCUT2D eigenvalue weighted by Gasteiger charge is -2.32. The molecule has 0 aromatic carbocycles. The van der Waals surface area contributed by atoms with E-state index in [0.29, 0.717) is 6.54 Å². The van der Waals surface area contributed by atoms with E-state index >= 15 is 0 Å². The van der Waals surface area contributed by atoms with Gasteiger partial charge in [0.15, 0.2) is 0 Å². The summed E-state index contributed by atoms with van der Waals surface area (Å²) in [6.45, 7) is 5.70. The monoisotopic (exact) mass is 226 g/mol. The zero-order valence-corrected chi connectivity index (χ0v) is 10.3. The Bertz CT molecular complexity index is 311. The molecule has 0 aliphatic rings. The highest BCUT2D eigenvalue weighted by atomic mass is 16.3. The van der Waals surface area contributed by atoms with Crippen molar-refractivity contribution in [1.82, 2.24) is 14.7 Å². The third-order valence-electron chi connectivity index (χ3n) is 2.75. The molecule has 1 heterocycles. The van der Waals surface area contributed by atoms with Crippen LogP contribution in [-0.2, 0) is 7.05 Å². The minimum atomic E-state index is 0.00991. The Kier molecular flexibility index (Phi) is 4.92. The van der Waals surface area contributed by atoms with Crippen molar-refractivity contribution in [2.45, 2.75) is 25.9 Å². The van der Waals surface area contributed by atoms with E-state index < -0.39 is 0 Å². The van der Waals surface area contributed by atoms with Gasteiger partial charge in [0, 0.05) is 31.4 Å². The van der Waals surface area contributed by atoms with Crippen LogP contribution in [0.25, 0.3) is 0 Å². The van der Waals surface area contributed by atoms with E-state index in [-0.39, 0.29) is 18.7 Å². The van der Waals surface area contributed by atoms with Gasteiger partial charge >= 0.3 is 0 Å². The second-order valence-corrected chi connectivity index (χ2v) is 4.10. The first kappa shape index (κ1) is 13.2. The topological polar surface area (TPSA) is 67.3 Å². The SMILES string of the molecule is CCN(CCO)C(c1cnn(C)c1)C(C)N. The van der Waals surface area contributed by atoms with E-state index in [1.165, 1.54) is 0 Å². The molecule has 1 rings (SSSR count). The molecule has 0 aliphatic heterocycles. The van der Waals surface area contributed by atoms with Crippen molar-refractivity contribution < 1.29 is 5.11 Å². The van der Waals surface area contributed by atoms with E-state index in [9.17, 15) is 0 Å². The lowest BCUT2D eigenvalue weighted by molar-refractivity contribution is 0.143. The van der Waals surface area contributed by atoms with Crippen molar-refractivity contribution in [3.8, 4) is 0 Å². The third kappa shape index (κ3) is 3.04. The zero-order valence-electron chi connectivity index (χ0n) is 10.3. The Morgan fingerprint density at radius 1 is 1.62 bits per heavy atom. The van der Waals surface area contributed by atoms with Crippen molar-refractivity contribution >= 4 is 0 Å². The lowest BCUT2D eigenvalue weighted by Crippen LogP contribution is -2.40. The van der Waals surface area contributed by atoms with Crippen molar-refractivity contribution in [2.24, 2.45) is 12.8 Å². The standard InChI is InChI=1S/C11H22N4O/c1-4-15(5-6-16)11(9(2)12)10-7-13-14(3)8-10/h7-9,11,16H,4-6,12H2,1-3H3. The summed E-state index contributed by atoms with van der Waals surface area (Å²) in [6, 6.07) is 0.126. The van der Waals surface area contributed by atoms with Gasteiger partial charge in [-0.2, -0.15) is 5.10 Å². The molecule has 0 fully saturated rings. The summed E-state index contributed by atoms with van der Waals surface area (Å²) < 4.78 is 1.78. The number of hydrogen-bond donors (Lipinski definition) is 2. The van der Waals surface area contributed by atoms with Crippen LogP contribution in [-0.4, -0.2) is 45.5 Å². The molecule has 5 heteroatoms. The first-order valence-electron chi connectivity index (χ1n) is 5.69. The number of likely N-dealkylation sites (N-methyl/N-ethyl adjacent to an activating group) is 1. The summed E-state index contributed by atoms with van der Waals surface area (Å²) in [4.78, 5) is 2.17. The van der Waals surface area contributed by atoms with Crippen molar-refractivity contribution in [3.05, 3.63) is 18.0 Å². The maximum Gasteiger partial charge on any atom is 0.0558 e. The van der Waals surface area contributed by atoms with E-state index in [1.54, 1.807) is 4.68 Å². The highest BCUT2D eigenvalue weighted by Gasteiger charge is 2.23. The molecular formula is C11H22N4O. The fraction of sp³-hybridized carbons (Fsp3) is 0.727. The fourth-order valence-corrected chi connectivity index (χ4v) is 2.06. The van der Waals surface area contributed by atoms with Crippen LogP contribution in [0.3, 0.4) is 0 Å². The van der Waals surface area contributed by atoms with E-state index in [1.807, 2.05) is 26.4 Å². The van der Waals surface area contributed by atoms with Crippen LogP contribution >= 0.6 is 0 Å². The van der Waals surface area contributed by atoms with Gasteiger partial charge in [-0.1, -0.05) is 6.92 Å². The number of aliphatic hydroxyl groups excluding tert-OH is 1. The molecule has 0 aliphatic carbocycles. The maximum atomic E-state index is 9.05. The van der Waals surface area contributed by atoms with Gasteiger partial charge in [0.25, 0.3) is 0 Å². The second-order valence-electron chi connectivity index (χ2n) is 4.10.